The Hall–Kier alpha value is -1.26. The van der Waals surface area contributed by atoms with E-state index >= 15 is 0 Å². The van der Waals surface area contributed by atoms with E-state index in [9.17, 15) is 4.79 Å². The van der Waals surface area contributed by atoms with Gasteiger partial charge in [0, 0.05) is 12.1 Å². The van der Waals surface area contributed by atoms with E-state index in [1.54, 1.807) is 0 Å². The minimum absolute atomic E-state index is 0. The summed E-state index contributed by atoms with van der Waals surface area (Å²) in [5.41, 5.74) is 7.35. The summed E-state index contributed by atoms with van der Waals surface area (Å²) in [6, 6.07) is 5.87. The number of nitrogens with two attached hydrogens (primary N) is 1. The lowest BCUT2D eigenvalue weighted by atomic mass is 10.1. The van der Waals surface area contributed by atoms with Crippen LogP contribution in [0.1, 0.15) is 25.0 Å². The van der Waals surface area contributed by atoms with Gasteiger partial charge in [-0.1, -0.05) is 17.7 Å². The van der Waals surface area contributed by atoms with Crippen molar-refractivity contribution in [3.63, 3.8) is 0 Å². The molecule has 0 unspecified atom stereocenters. The standard InChI is InChI=1S/C14H22N2O2.ClH/c1-10-5-6-12(11(2)7-10)18-8-13(17)16-14(3,4)9-15;/h5-7H,8-9,15H2,1-4H3,(H,16,17);1H. The fourth-order valence-corrected chi connectivity index (χ4v) is 1.57. The van der Waals surface area contributed by atoms with Crippen LogP contribution in [0, 0.1) is 13.8 Å². The van der Waals surface area contributed by atoms with Crippen molar-refractivity contribution in [3.05, 3.63) is 29.3 Å². The Balaban J connectivity index is 0.00000324. The maximum Gasteiger partial charge on any atom is 0.258 e. The summed E-state index contributed by atoms with van der Waals surface area (Å²) in [6.07, 6.45) is 0. The molecule has 0 saturated heterocycles. The molecule has 1 aromatic carbocycles. The lowest BCUT2D eigenvalue weighted by Gasteiger charge is -2.24. The molecule has 0 radical (unpaired) electrons. The molecule has 0 aliphatic carbocycles. The van der Waals surface area contributed by atoms with Crippen molar-refractivity contribution in [2.24, 2.45) is 5.73 Å². The number of halogens is 1. The smallest absolute Gasteiger partial charge is 0.258 e. The summed E-state index contributed by atoms with van der Waals surface area (Å²) in [6.45, 7) is 8.14. The first kappa shape index (κ1) is 17.7. The van der Waals surface area contributed by atoms with Gasteiger partial charge in [-0.05, 0) is 39.3 Å². The van der Waals surface area contributed by atoms with E-state index in [4.69, 9.17) is 10.5 Å². The molecule has 0 fully saturated rings. The molecule has 0 aromatic heterocycles. The van der Waals surface area contributed by atoms with Crippen LogP contribution >= 0.6 is 12.4 Å². The van der Waals surface area contributed by atoms with Crippen molar-refractivity contribution in [2.45, 2.75) is 33.2 Å². The predicted octanol–water partition coefficient (Wildman–Crippen LogP) is 1.96. The summed E-state index contributed by atoms with van der Waals surface area (Å²) >= 11 is 0. The maximum absolute atomic E-state index is 11.7. The molecular weight excluding hydrogens is 264 g/mol. The fraction of sp³-hybridized carbons (Fsp3) is 0.500. The molecule has 1 amide bonds. The largest absolute Gasteiger partial charge is 0.484 e. The van der Waals surface area contributed by atoms with Crippen LogP contribution in [0.15, 0.2) is 18.2 Å². The SMILES string of the molecule is Cc1ccc(OCC(=O)NC(C)(C)CN)c(C)c1.Cl. The first-order chi connectivity index (χ1) is 8.34. The van der Waals surface area contributed by atoms with Gasteiger partial charge in [-0.2, -0.15) is 0 Å². The van der Waals surface area contributed by atoms with Gasteiger partial charge in [0.05, 0.1) is 0 Å². The van der Waals surface area contributed by atoms with Crippen molar-refractivity contribution in [3.8, 4) is 5.75 Å². The summed E-state index contributed by atoms with van der Waals surface area (Å²) in [4.78, 5) is 11.7. The Bertz CT molecular complexity index is 433. The Labute approximate surface area is 121 Å². The lowest BCUT2D eigenvalue weighted by Crippen LogP contribution is -2.50. The van der Waals surface area contributed by atoms with E-state index in [2.05, 4.69) is 5.32 Å². The highest BCUT2D eigenvalue weighted by molar-refractivity contribution is 5.85. The second-order valence-corrected chi connectivity index (χ2v) is 5.19. The first-order valence-corrected chi connectivity index (χ1v) is 6.05. The van der Waals surface area contributed by atoms with Crippen molar-refractivity contribution in [1.29, 1.82) is 0 Å². The Morgan fingerprint density at radius 1 is 1.37 bits per heavy atom. The number of aryl methyl sites for hydroxylation is 2. The van der Waals surface area contributed by atoms with Crippen LogP contribution in [0.3, 0.4) is 0 Å². The van der Waals surface area contributed by atoms with Crippen LogP contribution in [-0.4, -0.2) is 24.6 Å². The monoisotopic (exact) mass is 286 g/mol. The highest BCUT2D eigenvalue weighted by Gasteiger charge is 2.18. The minimum atomic E-state index is -0.400. The Morgan fingerprint density at radius 3 is 2.53 bits per heavy atom. The van der Waals surface area contributed by atoms with Gasteiger partial charge in [0.15, 0.2) is 6.61 Å². The molecule has 3 N–H and O–H groups in total. The average molecular weight is 287 g/mol. The van der Waals surface area contributed by atoms with E-state index in [1.165, 1.54) is 5.56 Å². The van der Waals surface area contributed by atoms with Gasteiger partial charge in [-0.15, -0.1) is 12.4 Å². The number of nitrogens with one attached hydrogen (secondary N) is 1. The molecule has 0 saturated carbocycles. The van der Waals surface area contributed by atoms with Crippen LogP contribution in [0.5, 0.6) is 5.75 Å². The van der Waals surface area contributed by atoms with Crippen LogP contribution in [0.25, 0.3) is 0 Å². The molecule has 0 bridgehead atoms. The molecule has 1 rings (SSSR count). The summed E-state index contributed by atoms with van der Waals surface area (Å²) in [5, 5.41) is 2.82. The van der Waals surface area contributed by atoms with Crippen molar-refractivity contribution in [1.82, 2.24) is 5.32 Å². The fourth-order valence-electron chi connectivity index (χ4n) is 1.57. The van der Waals surface area contributed by atoms with Crippen molar-refractivity contribution < 1.29 is 9.53 Å². The quantitative estimate of drug-likeness (QED) is 0.870. The van der Waals surface area contributed by atoms with Gasteiger partial charge >= 0.3 is 0 Å². The number of amides is 1. The van der Waals surface area contributed by atoms with Crippen LogP contribution < -0.4 is 15.8 Å². The summed E-state index contributed by atoms with van der Waals surface area (Å²) < 4.78 is 5.49. The molecule has 0 atom stereocenters. The number of rotatable bonds is 5. The Morgan fingerprint density at radius 2 is 2.00 bits per heavy atom. The molecule has 5 heteroatoms. The number of hydrogen-bond donors (Lipinski definition) is 2. The number of hydrogen-bond acceptors (Lipinski definition) is 3. The van der Waals surface area contributed by atoms with E-state index in [-0.39, 0.29) is 24.9 Å². The molecular formula is C14H23ClN2O2. The lowest BCUT2D eigenvalue weighted by molar-refractivity contribution is -0.124. The number of carbonyl (C=O) groups is 1. The third-order valence-electron chi connectivity index (χ3n) is 2.68. The van der Waals surface area contributed by atoms with Crippen LogP contribution in [0.2, 0.25) is 0 Å². The maximum atomic E-state index is 11.7. The van der Waals surface area contributed by atoms with Gasteiger partial charge in [0.2, 0.25) is 0 Å². The van der Waals surface area contributed by atoms with Crippen LogP contribution in [0.4, 0.5) is 0 Å². The third-order valence-corrected chi connectivity index (χ3v) is 2.68. The zero-order valence-corrected chi connectivity index (χ0v) is 12.8. The van der Waals surface area contributed by atoms with Gasteiger partial charge in [-0.3, -0.25) is 4.79 Å². The highest BCUT2D eigenvalue weighted by Crippen LogP contribution is 2.18. The van der Waals surface area contributed by atoms with Gasteiger partial charge in [-0.25, -0.2) is 0 Å². The molecule has 108 valence electrons. The molecule has 0 aliphatic rings. The van der Waals surface area contributed by atoms with Crippen molar-refractivity contribution in [2.75, 3.05) is 13.2 Å². The zero-order chi connectivity index (χ0) is 13.8. The van der Waals surface area contributed by atoms with E-state index in [1.807, 2.05) is 45.9 Å². The minimum Gasteiger partial charge on any atom is -0.484 e. The molecule has 4 nitrogen and oxygen atoms in total. The molecule has 19 heavy (non-hydrogen) atoms. The average Bonchev–Trinajstić information content (AvgIpc) is 2.27. The normalized spacial score (nSPS) is 10.6. The van der Waals surface area contributed by atoms with Crippen molar-refractivity contribution >= 4 is 18.3 Å². The number of benzene rings is 1. The second-order valence-electron chi connectivity index (χ2n) is 5.19. The molecule has 0 spiro atoms. The van der Waals surface area contributed by atoms with E-state index in [0.29, 0.717) is 6.54 Å². The summed E-state index contributed by atoms with van der Waals surface area (Å²) in [5.74, 6) is 0.576. The third kappa shape index (κ3) is 5.94. The second kappa shape index (κ2) is 7.36. The molecule has 0 heterocycles. The predicted molar refractivity (Wildman–Crippen MR) is 79.9 cm³/mol. The van der Waals surface area contributed by atoms with Gasteiger partial charge in [0.1, 0.15) is 5.75 Å². The molecule has 1 aromatic rings. The number of carbonyl (C=O) groups excluding carboxylic acids is 1. The highest BCUT2D eigenvalue weighted by atomic mass is 35.5. The van der Waals surface area contributed by atoms with Gasteiger partial charge < -0.3 is 15.8 Å². The Kier molecular flexibility index (Phi) is 6.87. The topological polar surface area (TPSA) is 64.3 Å². The number of ether oxygens (including phenoxy) is 1. The van der Waals surface area contributed by atoms with E-state index < -0.39 is 5.54 Å². The van der Waals surface area contributed by atoms with Crippen LogP contribution in [-0.2, 0) is 4.79 Å². The molecule has 0 aliphatic heterocycles. The summed E-state index contributed by atoms with van der Waals surface area (Å²) in [7, 11) is 0. The van der Waals surface area contributed by atoms with E-state index in [0.717, 1.165) is 11.3 Å². The first-order valence-electron chi connectivity index (χ1n) is 6.05. The van der Waals surface area contributed by atoms with Gasteiger partial charge in [0.25, 0.3) is 5.91 Å². The zero-order valence-electron chi connectivity index (χ0n) is 11.9.